The number of hydrogen-bond acceptors (Lipinski definition) is 3. The lowest BCUT2D eigenvalue weighted by Crippen LogP contribution is -2.47. The van der Waals surface area contributed by atoms with Crippen molar-refractivity contribution in [3.8, 4) is 5.75 Å². The molecule has 0 aromatic heterocycles. The zero-order valence-electron chi connectivity index (χ0n) is 14.3. The minimum atomic E-state index is -0.142. The third kappa shape index (κ3) is 6.04. The fraction of sp³-hybridized carbons (Fsp3) is 0.556. The Balaban J connectivity index is 1.68. The smallest absolute Gasteiger partial charge is 0.258 e. The van der Waals surface area contributed by atoms with E-state index in [-0.39, 0.29) is 24.5 Å². The second kappa shape index (κ2) is 8.92. The van der Waals surface area contributed by atoms with Crippen molar-refractivity contribution in [3.63, 3.8) is 0 Å². The third-order valence-electron chi connectivity index (χ3n) is 3.98. The van der Waals surface area contributed by atoms with Crippen LogP contribution in [0, 0.1) is 5.92 Å². The second-order valence-electron chi connectivity index (χ2n) is 6.56. The van der Waals surface area contributed by atoms with Gasteiger partial charge in [-0.3, -0.25) is 9.59 Å². The van der Waals surface area contributed by atoms with Gasteiger partial charge in [-0.2, -0.15) is 0 Å². The van der Waals surface area contributed by atoms with Crippen molar-refractivity contribution in [3.05, 3.63) is 29.3 Å². The molecule has 1 aromatic rings. The molecule has 5 nitrogen and oxygen atoms in total. The van der Waals surface area contributed by atoms with E-state index in [2.05, 4.69) is 5.32 Å². The first-order valence-electron chi connectivity index (χ1n) is 8.39. The average molecular weight is 353 g/mol. The molecule has 24 heavy (non-hydrogen) atoms. The predicted octanol–water partition coefficient (Wildman–Crippen LogP) is 2.87. The fourth-order valence-corrected chi connectivity index (χ4v) is 2.83. The number of hydrogen-bond donors (Lipinski definition) is 1. The SMILES string of the molecule is CC(C)CC(=O)N1CCC(NC(=O)COc2ccc(Cl)cc2)CC1. The van der Waals surface area contributed by atoms with Gasteiger partial charge in [-0.1, -0.05) is 25.4 Å². The molecule has 2 rings (SSSR count). The van der Waals surface area contributed by atoms with Crippen LogP contribution in [0.15, 0.2) is 24.3 Å². The maximum Gasteiger partial charge on any atom is 0.258 e. The third-order valence-corrected chi connectivity index (χ3v) is 4.23. The second-order valence-corrected chi connectivity index (χ2v) is 7.00. The van der Waals surface area contributed by atoms with E-state index < -0.39 is 0 Å². The first-order chi connectivity index (χ1) is 11.4. The molecule has 0 aliphatic carbocycles. The highest BCUT2D eigenvalue weighted by atomic mass is 35.5. The molecule has 1 fully saturated rings. The molecule has 1 aliphatic heterocycles. The number of benzene rings is 1. The van der Waals surface area contributed by atoms with Crippen LogP contribution in [0.25, 0.3) is 0 Å². The molecule has 0 bridgehead atoms. The molecular weight excluding hydrogens is 328 g/mol. The molecule has 0 radical (unpaired) electrons. The average Bonchev–Trinajstić information content (AvgIpc) is 2.54. The maximum atomic E-state index is 12.0. The number of halogens is 1. The van der Waals surface area contributed by atoms with E-state index in [1.807, 2.05) is 18.7 Å². The number of carbonyl (C=O) groups is 2. The number of nitrogens with zero attached hydrogens (tertiary/aromatic N) is 1. The maximum absolute atomic E-state index is 12.0. The Bertz CT molecular complexity index is 552. The van der Waals surface area contributed by atoms with Crippen molar-refractivity contribution in [2.24, 2.45) is 5.92 Å². The summed E-state index contributed by atoms with van der Waals surface area (Å²) in [5.74, 6) is 1.06. The number of rotatable bonds is 6. The zero-order chi connectivity index (χ0) is 17.5. The van der Waals surface area contributed by atoms with Gasteiger partial charge >= 0.3 is 0 Å². The van der Waals surface area contributed by atoms with Gasteiger partial charge < -0.3 is 15.0 Å². The molecule has 2 amide bonds. The highest BCUT2D eigenvalue weighted by molar-refractivity contribution is 6.30. The van der Waals surface area contributed by atoms with Crippen LogP contribution in [0.4, 0.5) is 0 Å². The van der Waals surface area contributed by atoms with Crippen LogP contribution in [-0.4, -0.2) is 42.5 Å². The Hall–Kier alpha value is -1.75. The van der Waals surface area contributed by atoms with Crippen LogP contribution in [0.2, 0.25) is 5.02 Å². The van der Waals surface area contributed by atoms with E-state index in [0.717, 1.165) is 12.8 Å². The summed E-state index contributed by atoms with van der Waals surface area (Å²) in [5.41, 5.74) is 0. The number of nitrogens with one attached hydrogen (secondary N) is 1. The lowest BCUT2D eigenvalue weighted by molar-refractivity contribution is -0.133. The Morgan fingerprint density at radius 3 is 2.46 bits per heavy atom. The quantitative estimate of drug-likeness (QED) is 0.856. The molecule has 0 atom stereocenters. The van der Waals surface area contributed by atoms with Crippen molar-refractivity contribution in [2.45, 2.75) is 39.2 Å². The van der Waals surface area contributed by atoms with E-state index in [0.29, 0.717) is 36.2 Å². The molecule has 0 saturated carbocycles. The largest absolute Gasteiger partial charge is 0.484 e. The van der Waals surface area contributed by atoms with Gasteiger partial charge in [-0.05, 0) is 43.0 Å². The van der Waals surface area contributed by atoms with Gasteiger partial charge in [0.15, 0.2) is 6.61 Å². The minimum Gasteiger partial charge on any atom is -0.484 e. The summed E-state index contributed by atoms with van der Waals surface area (Å²) in [4.78, 5) is 25.9. The van der Waals surface area contributed by atoms with Gasteiger partial charge in [0.25, 0.3) is 5.91 Å². The summed E-state index contributed by atoms with van der Waals surface area (Å²) in [6.07, 6.45) is 2.17. The van der Waals surface area contributed by atoms with Crippen molar-refractivity contribution in [1.82, 2.24) is 10.2 Å². The number of carbonyl (C=O) groups excluding carboxylic acids is 2. The lowest BCUT2D eigenvalue weighted by atomic mass is 10.0. The zero-order valence-corrected chi connectivity index (χ0v) is 15.0. The van der Waals surface area contributed by atoms with Crippen LogP contribution < -0.4 is 10.1 Å². The van der Waals surface area contributed by atoms with Gasteiger partial charge in [0.2, 0.25) is 5.91 Å². The summed E-state index contributed by atoms with van der Waals surface area (Å²) < 4.78 is 5.43. The van der Waals surface area contributed by atoms with Crippen molar-refractivity contribution in [2.75, 3.05) is 19.7 Å². The van der Waals surface area contributed by atoms with Crippen LogP contribution in [0.1, 0.15) is 33.1 Å². The number of amides is 2. The summed E-state index contributed by atoms with van der Waals surface area (Å²) in [6, 6.07) is 7.01. The standard InChI is InChI=1S/C18H25ClN2O3/c1-13(2)11-18(23)21-9-7-15(8-10-21)20-17(22)12-24-16-5-3-14(19)4-6-16/h3-6,13,15H,7-12H2,1-2H3,(H,20,22). The van der Waals surface area contributed by atoms with Crippen LogP contribution in [-0.2, 0) is 9.59 Å². The van der Waals surface area contributed by atoms with Gasteiger partial charge in [0.05, 0.1) is 0 Å². The highest BCUT2D eigenvalue weighted by Gasteiger charge is 2.24. The molecule has 1 N–H and O–H groups in total. The van der Waals surface area contributed by atoms with Gasteiger partial charge in [0.1, 0.15) is 5.75 Å². The summed E-state index contributed by atoms with van der Waals surface area (Å²) >= 11 is 5.80. The predicted molar refractivity (Wildman–Crippen MR) is 94.1 cm³/mol. The summed E-state index contributed by atoms with van der Waals surface area (Å²) in [6.45, 7) is 5.48. The van der Waals surface area contributed by atoms with Gasteiger partial charge in [-0.15, -0.1) is 0 Å². The number of piperidine rings is 1. The van der Waals surface area contributed by atoms with E-state index in [1.165, 1.54) is 0 Å². The van der Waals surface area contributed by atoms with Crippen LogP contribution in [0.5, 0.6) is 5.75 Å². The highest BCUT2D eigenvalue weighted by Crippen LogP contribution is 2.16. The van der Waals surface area contributed by atoms with Crippen molar-refractivity contribution >= 4 is 23.4 Å². The van der Waals surface area contributed by atoms with Crippen LogP contribution in [0.3, 0.4) is 0 Å². The molecule has 1 saturated heterocycles. The molecule has 132 valence electrons. The molecular formula is C18H25ClN2O3. The Labute approximate surface area is 148 Å². The fourth-order valence-electron chi connectivity index (χ4n) is 2.70. The number of ether oxygens (including phenoxy) is 1. The summed E-state index contributed by atoms with van der Waals surface area (Å²) in [5, 5.41) is 3.60. The van der Waals surface area contributed by atoms with Crippen molar-refractivity contribution in [1.29, 1.82) is 0 Å². The van der Waals surface area contributed by atoms with Gasteiger partial charge in [0, 0.05) is 30.6 Å². The normalized spacial score (nSPS) is 15.4. The molecule has 6 heteroatoms. The van der Waals surface area contributed by atoms with E-state index in [9.17, 15) is 9.59 Å². The monoisotopic (exact) mass is 352 g/mol. The van der Waals surface area contributed by atoms with E-state index in [4.69, 9.17) is 16.3 Å². The lowest BCUT2D eigenvalue weighted by Gasteiger charge is -2.32. The Kier molecular flexibility index (Phi) is 6.91. The molecule has 1 aromatic carbocycles. The molecule has 0 spiro atoms. The summed E-state index contributed by atoms with van der Waals surface area (Å²) in [7, 11) is 0. The molecule has 0 unspecified atom stereocenters. The first kappa shape index (κ1) is 18.6. The van der Waals surface area contributed by atoms with E-state index >= 15 is 0 Å². The van der Waals surface area contributed by atoms with Crippen molar-refractivity contribution < 1.29 is 14.3 Å². The van der Waals surface area contributed by atoms with E-state index in [1.54, 1.807) is 24.3 Å². The molecule has 1 heterocycles. The number of likely N-dealkylation sites (tertiary alicyclic amines) is 1. The Morgan fingerprint density at radius 2 is 1.88 bits per heavy atom. The Morgan fingerprint density at radius 1 is 1.25 bits per heavy atom. The minimum absolute atomic E-state index is 0.0197. The topological polar surface area (TPSA) is 58.6 Å². The first-order valence-corrected chi connectivity index (χ1v) is 8.77. The van der Waals surface area contributed by atoms with Gasteiger partial charge in [-0.25, -0.2) is 0 Å². The molecule has 1 aliphatic rings. The van der Waals surface area contributed by atoms with Crippen LogP contribution >= 0.6 is 11.6 Å².